The summed E-state index contributed by atoms with van der Waals surface area (Å²) in [7, 11) is 0. The lowest BCUT2D eigenvalue weighted by atomic mass is 9.93. The van der Waals surface area contributed by atoms with Gasteiger partial charge < -0.3 is 15.6 Å². The topological polar surface area (TPSA) is 104 Å². The number of nitrogens with two attached hydrogens (primary N) is 1. The highest BCUT2D eigenvalue weighted by molar-refractivity contribution is 6.32. The number of aliphatic imine (C=N–C) groups is 1. The molecule has 2 heterocycles. The summed E-state index contributed by atoms with van der Waals surface area (Å²) in [5, 5.41) is 0.379. The van der Waals surface area contributed by atoms with Crippen LogP contribution in [0.2, 0.25) is 0 Å². The Morgan fingerprint density at radius 3 is 2.63 bits per heavy atom. The van der Waals surface area contributed by atoms with Crippen LogP contribution in [-0.2, 0) is 5.00 Å². The molecule has 1 aliphatic heterocycles. The van der Waals surface area contributed by atoms with Crippen LogP contribution in [0.4, 0.5) is 4.39 Å². The highest BCUT2D eigenvalue weighted by atomic mass is 35.5. The van der Waals surface area contributed by atoms with E-state index in [0.717, 1.165) is 5.56 Å². The smallest absolute Gasteiger partial charge is 0.258 e. The maximum Gasteiger partial charge on any atom is 0.258 e. The van der Waals surface area contributed by atoms with E-state index >= 15 is 0 Å². The maximum atomic E-state index is 14.0. The number of aromatic nitrogens is 2. The van der Waals surface area contributed by atoms with Crippen molar-refractivity contribution < 1.29 is 9.18 Å². The van der Waals surface area contributed by atoms with Gasteiger partial charge in [0.1, 0.15) is 11.6 Å². The number of hydrogen-bond donors (Lipinski definition) is 2. The van der Waals surface area contributed by atoms with Crippen LogP contribution >= 0.6 is 11.6 Å². The number of fused-ring (bicyclic) bond motifs is 1. The molecule has 0 saturated carbocycles. The fourth-order valence-electron chi connectivity index (χ4n) is 5.17. The first-order valence-electron chi connectivity index (χ1n) is 13.6. The molecule has 2 atom stereocenters. The molecule has 9 heteroatoms. The molecule has 1 amide bonds. The van der Waals surface area contributed by atoms with E-state index in [-0.39, 0.29) is 17.3 Å². The number of allylic oxidation sites excluding steroid dienone is 1. The van der Waals surface area contributed by atoms with Crippen molar-refractivity contribution in [2.75, 3.05) is 13.1 Å². The number of alkyl halides is 1. The summed E-state index contributed by atoms with van der Waals surface area (Å²) in [5.41, 5.74) is 9.31. The van der Waals surface area contributed by atoms with Crippen molar-refractivity contribution in [3.63, 3.8) is 0 Å². The molecule has 3 N–H and O–H groups in total. The molecular weight excluding hydrogens is 541 g/mol. The zero-order valence-electron chi connectivity index (χ0n) is 22.9. The molecule has 0 spiro atoms. The number of amides is 1. The average Bonchev–Trinajstić information content (AvgIpc) is 3.37. The summed E-state index contributed by atoms with van der Waals surface area (Å²) >= 11 is 7.08. The van der Waals surface area contributed by atoms with Gasteiger partial charge in [0.25, 0.3) is 11.5 Å². The maximum absolute atomic E-state index is 14.0. The summed E-state index contributed by atoms with van der Waals surface area (Å²) < 4.78 is 14.0. The van der Waals surface area contributed by atoms with Gasteiger partial charge in [-0.05, 0) is 74.3 Å². The molecule has 0 radical (unpaired) electrons. The highest BCUT2D eigenvalue weighted by Gasteiger charge is 2.37. The van der Waals surface area contributed by atoms with Gasteiger partial charge in [-0.25, -0.2) is 9.37 Å². The number of H-pyrrole nitrogens is 1. The SMILES string of the molecule is CCC(c1nc2cc(C3(Cl)N=CC=C3c3cccc(F)c3)ccc2c(=O)[nH]1)N(CCCN)C(=O)c1ccc(C)cc1. The quantitative estimate of drug-likeness (QED) is 0.193. The molecule has 210 valence electrons. The van der Waals surface area contributed by atoms with Gasteiger partial charge in [0, 0.05) is 29.5 Å². The Hall–Kier alpha value is -4.14. The van der Waals surface area contributed by atoms with Crippen LogP contribution in [0.3, 0.4) is 0 Å². The fraction of sp³-hybridized carbons (Fsp3) is 0.250. The van der Waals surface area contributed by atoms with E-state index in [9.17, 15) is 14.0 Å². The van der Waals surface area contributed by atoms with E-state index < -0.39 is 11.0 Å². The number of nitrogens with one attached hydrogen (secondary N) is 1. The van der Waals surface area contributed by atoms with Gasteiger partial charge in [0.2, 0.25) is 0 Å². The predicted molar refractivity (Wildman–Crippen MR) is 162 cm³/mol. The van der Waals surface area contributed by atoms with E-state index in [1.165, 1.54) is 12.1 Å². The van der Waals surface area contributed by atoms with Crippen LogP contribution in [0.25, 0.3) is 16.5 Å². The third-order valence-electron chi connectivity index (χ3n) is 7.33. The summed E-state index contributed by atoms with van der Waals surface area (Å²) in [6, 6.07) is 18.2. The Balaban J connectivity index is 1.56. The minimum Gasteiger partial charge on any atom is -0.330 e. The molecule has 0 saturated heterocycles. The number of aromatic amines is 1. The van der Waals surface area contributed by atoms with Crippen molar-refractivity contribution in [1.82, 2.24) is 14.9 Å². The Bertz CT molecular complexity index is 1720. The number of hydrogen-bond acceptors (Lipinski definition) is 5. The second-order valence-corrected chi connectivity index (χ2v) is 10.7. The third kappa shape index (κ3) is 5.58. The second-order valence-electron chi connectivity index (χ2n) is 10.1. The zero-order chi connectivity index (χ0) is 29.1. The van der Waals surface area contributed by atoms with Crippen molar-refractivity contribution >= 4 is 40.2 Å². The van der Waals surface area contributed by atoms with Gasteiger partial charge in [0.15, 0.2) is 5.00 Å². The lowest BCUT2D eigenvalue weighted by Crippen LogP contribution is -2.38. The number of nitrogens with zero attached hydrogens (tertiary/aromatic N) is 3. The van der Waals surface area contributed by atoms with Crippen LogP contribution in [0.15, 0.2) is 82.6 Å². The molecule has 4 aromatic rings. The Labute approximate surface area is 242 Å². The van der Waals surface area contributed by atoms with Crippen LogP contribution in [0, 0.1) is 12.7 Å². The molecule has 0 aliphatic carbocycles. The molecule has 1 aliphatic rings. The monoisotopic (exact) mass is 571 g/mol. The lowest BCUT2D eigenvalue weighted by molar-refractivity contribution is 0.0660. The molecule has 41 heavy (non-hydrogen) atoms. The molecule has 7 nitrogen and oxygen atoms in total. The third-order valence-corrected chi connectivity index (χ3v) is 7.85. The van der Waals surface area contributed by atoms with Gasteiger partial charge in [-0.3, -0.25) is 14.6 Å². The number of carbonyl (C=O) groups is 1. The lowest BCUT2D eigenvalue weighted by Gasteiger charge is -2.31. The minimum absolute atomic E-state index is 0.160. The Morgan fingerprint density at radius 2 is 1.93 bits per heavy atom. The predicted octanol–water partition coefficient (Wildman–Crippen LogP) is 5.87. The van der Waals surface area contributed by atoms with E-state index in [0.29, 0.717) is 64.9 Å². The standard InChI is InChI=1S/C32H31ClFN5O2/c1-3-28(39(17-5-15-35)31(41)21-10-8-20(2)9-11-21)29-37-27-19-23(12-13-25(27)30(40)38-29)32(33)26(14-16-36-32)22-6-4-7-24(34)18-22/h4,6-14,16,18-19,28H,3,5,15,17,35H2,1-2H3,(H,37,38,40). The first-order valence-corrected chi connectivity index (χ1v) is 14.0. The summed E-state index contributed by atoms with van der Waals surface area (Å²) in [5.74, 6) is -0.165. The van der Waals surface area contributed by atoms with Gasteiger partial charge in [-0.1, -0.05) is 54.4 Å². The second kappa shape index (κ2) is 11.8. The van der Waals surface area contributed by atoms with E-state index in [1.807, 2.05) is 26.0 Å². The Kier molecular flexibility index (Phi) is 8.15. The van der Waals surface area contributed by atoms with Gasteiger partial charge in [0.05, 0.1) is 16.9 Å². The van der Waals surface area contributed by atoms with Crippen molar-refractivity contribution in [3.8, 4) is 0 Å². The molecule has 0 bridgehead atoms. The van der Waals surface area contributed by atoms with E-state index in [4.69, 9.17) is 22.3 Å². The zero-order valence-corrected chi connectivity index (χ0v) is 23.7. The average molecular weight is 572 g/mol. The van der Waals surface area contributed by atoms with E-state index in [1.54, 1.807) is 59.7 Å². The van der Waals surface area contributed by atoms with Crippen molar-refractivity contribution in [1.29, 1.82) is 0 Å². The summed E-state index contributed by atoms with van der Waals surface area (Å²) in [6.07, 6.45) is 4.46. The molecule has 2 unspecified atom stereocenters. The largest absolute Gasteiger partial charge is 0.330 e. The van der Waals surface area contributed by atoms with Gasteiger partial charge >= 0.3 is 0 Å². The van der Waals surface area contributed by atoms with Crippen molar-refractivity contribution in [2.45, 2.75) is 37.7 Å². The number of halogens is 2. The number of benzene rings is 3. The van der Waals surface area contributed by atoms with Crippen LogP contribution < -0.4 is 11.3 Å². The number of aryl methyl sites for hydroxylation is 1. The fourth-order valence-corrected chi connectivity index (χ4v) is 5.52. The minimum atomic E-state index is -1.31. The summed E-state index contributed by atoms with van der Waals surface area (Å²) in [4.78, 5) is 39.5. The van der Waals surface area contributed by atoms with Crippen LogP contribution in [0.5, 0.6) is 0 Å². The normalized spacial score (nSPS) is 17.0. The van der Waals surface area contributed by atoms with Crippen molar-refractivity contribution in [3.05, 3.63) is 117 Å². The first-order chi connectivity index (χ1) is 19.7. The molecule has 0 fully saturated rings. The van der Waals surface area contributed by atoms with Gasteiger partial charge in [-0.15, -0.1) is 0 Å². The summed E-state index contributed by atoms with van der Waals surface area (Å²) in [6.45, 7) is 4.73. The van der Waals surface area contributed by atoms with Crippen molar-refractivity contribution in [2.24, 2.45) is 10.7 Å². The molecule has 1 aromatic heterocycles. The molecular formula is C32H31ClFN5O2. The first kappa shape index (κ1) is 28.4. The molecule has 3 aromatic carbocycles. The number of rotatable bonds is 9. The van der Waals surface area contributed by atoms with Crippen LogP contribution in [-0.4, -0.2) is 40.1 Å². The van der Waals surface area contributed by atoms with Crippen LogP contribution in [0.1, 0.15) is 58.7 Å². The van der Waals surface area contributed by atoms with E-state index in [2.05, 4.69) is 9.98 Å². The highest BCUT2D eigenvalue weighted by Crippen LogP contribution is 2.46. The Morgan fingerprint density at radius 1 is 1.15 bits per heavy atom. The van der Waals surface area contributed by atoms with Gasteiger partial charge in [-0.2, -0.15) is 0 Å². The molecule has 5 rings (SSSR count). The number of carbonyl (C=O) groups excluding carboxylic acids is 1.